The van der Waals surface area contributed by atoms with E-state index in [0.717, 1.165) is 48.3 Å². The van der Waals surface area contributed by atoms with Crippen LogP contribution >= 0.6 is 0 Å². The summed E-state index contributed by atoms with van der Waals surface area (Å²) in [4.78, 5) is 0. The van der Waals surface area contributed by atoms with Gasteiger partial charge < -0.3 is 9.94 Å². The molecular weight excluding hydrogens is 214 g/mol. The van der Waals surface area contributed by atoms with E-state index in [4.69, 9.17) is 9.94 Å². The molecule has 1 fully saturated rings. The van der Waals surface area contributed by atoms with E-state index in [1.54, 1.807) is 7.11 Å². The summed E-state index contributed by atoms with van der Waals surface area (Å²) in [5.74, 6) is 0.850. The van der Waals surface area contributed by atoms with Crippen LogP contribution in [0.4, 0.5) is 0 Å². The van der Waals surface area contributed by atoms with Gasteiger partial charge in [0.05, 0.1) is 12.8 Å². The minimum Gasteiger partial charge on any atom is -0.496 e. The summed E-state index contributed by atoms with van der Waals surface area (Å²) in [6.07, 6.45) is 6.14. The highest BCUT2D eigenvalue weighted by Gasteiger charge is 2.14. The van der Waals surface area contributed by atoms with Crippen LogP contribution < -0.4 is 4.74 Å². The SMILES string of the molecule is COc1ccccc1/C=C1\CCCC\C1=N/O. The van der Waals surface area contributed by atoms with Gasteiger partial charge in [-0.3, -0.25) is 0 Å². The number of hydrogen-bond donors (Lipinski definition) is 1. The molecule has 3 heteroatoms. The number of ether oxygens (including phenoxy) is 1. The molecule has 0 aliphatic heterocycles. The van der Waals surface area contributed by atoms with Crippen molar-refractivity contribution in [1.82, 2.24) is 0 Å². The summed E-state index contributed by atoms with van der Waals surface area (Å²) in [6, 6.07) is 7.87. The van der Waals surface area contributed by atoms with Crippen LogP contribution in [-0.4, -0.2) is 18.0 Å². The van der Waals surface area contributed by atoms with E-state index in [2.05, 4.69) is 11.2 Å². The van der Waals surface area contributed by atoms with Crippen LogP contribution in [0.25, 0.3) is 6.08 Å². The molecule has 0 spiro atoms. The molecule has 0 heterocycles. The average molecular weight is 231 g/mol. The van der Waals surface area contributed by atoms with E-state index in [1.165, 1.54) is 0 Å². The number of methoxy groups -OCH3 is 1. The maximum atomic E-state index is 8.98. The van der Waals surface area contributed by atoms with Crippen LogP contribution in [0.1, 0.15) is 31.2 Å². The number of oxime groups is 1. The van der Waals surface area contributed by atoms with Crippen molar-refractivity contribution in [3.63, 3.8) is 0 Å². The van der Waals surface area contributed by atoms with Crippen LogP contribution in [0.2, 0.25) is 0 Å². The van der Waals surface area contributed by atoms with Gasteiger partial charge in [-0.15, -0.1) is 0 Å². The first-order valence-electron chi connectivity index (χ1n) is 5.90. The highest BCUT2D eigenvalue weighted by atomic mass is 16.5. The lowest BCUT2D eigenvalue weighted by Gasteiger charge is -2.15. The summed E-state index contributed by atoms with van der Waals surface area (Å²) < 4.78 is 5.31. The molecule has 0 bridgehead atoms. The zero-order valence-electron chi connectivity index (χ0n) is 10.0. The van der Waals surface area contributed by atoms with Crippen molar-refractivity contribution in [2.45, 2.75) is 25.7 Å². The third-order valence-corrected chi connectivity index (χ3v) is 3.07. The molecule has 1 saturated carbocycles. The van der Waals surface area contributed by atoms with E-state index in [1.807, 2.05) is 24.3 Å². The molecule has 17 heavy (non-hydrogen) atoms. The largest absolute Gasteiger partial charge is 0.496 e. The Bertz CT molecular complexity index is 449. The third-order valence-electron chi connectivity index (χ3n) is 3.07. The van der Waals surface area contributed by atoms with Crippen molar-refractivity contribution < 1.29 is 9.94 Å². The molecule has 0 atom stereocenters. The van der Waals surface area contributed by atoms with Gasteiger partial charge in [0.15, 0.2) is 0 Å². The van der Waals surface area contributed by atoms with Crippen LogP contribution in [0.5, 0.6) is 5.75 Å². The molecular formula is C14H17NO2. The van der Waals surface area contributed by atoms with E-state index < -0.39 is 0 Å². The molecule has 3 nitrogen and oxygen atoms in total. The Labute approximate surface area is 101 Å². The number of rotatable bonds is 2. The Balaban J connectivity index is 2.33. The minimum absolute atomic E-state index is 0.808. The number of benzene rings is 1. The molecule has 0 radical (unpaired) electrons. The molecule has 90 valence electrons. The summed E-state index contributed by atoms with van der Waals surface area (Å²) in [7, 11) is 1.67. The van der Waals surface area contributed by atoms with E-state index >= 15 is 0 Å². The van der Waals surface area contributed by atoms with Crippen LogP contribution in [0, 0.1) is 0 Å². The summed E-state index contributed by atoms with van der Waals surface area (Å²) in [5, 5.41) is 12.4. The lowest BCUT2D eigenvalue weighted by Crippen LogP contribution is -2.09. The van der Waals surface area contributed by atoms with Gasteiger partial charge in [-0.1, -0.05) is 23.4 Å². The second-order valence-electron chi connectivity index (χ2n) is 4.17. The first kappa shape index (κ1) is 11.7. The maximum Gasteiger partial charge on any atom is 0.126 e. The van der Waals surface area contributed by atoms with Gasteiger partial charge in [0.2, 0.25) is 0 Å². The molecule has 1 aliphatic carbocycles. The maximum absolute atomic E-state index is 8.98. The van der Waals surface area contributed by atoms with Crippen molar-refractivity contribution in [3.05, 3.63) is 35.4 Å². The Morgan fingerprint density at radius 1 is 1.24 bits per heavy atom. The quantitative estimate of drug-likeness (QED) is 0.625. The number of nitrogens with zero attached hydrogens (tertiary/aromatic N) is 1. The minimum atomic E-state index is 0.808. The zero-order valence-corrected chi connectivity index (χ0v) is 10.0. The fraction of sp³-hybridized carbons (Fsp3) is 0.357. The molecule has 0 amide bonds. The molecule has 0 saturated heterocycles. The molecule has 2 rings (SSSR count). The van der Waals surface area contributed by atoms with Crippen LogP contribution in [0.15, 0.2) is 35.0 Å². The van der Waals surface area contributed by atoms with Gasteiger partial charge in [-0.2, -0.15) is 0 Å². The second kappa shape index (κ2) is 5.53. The standard InChI is InChI=1S/C14H17NO2/c1-17-14-9-5-3-7-12(14)10-11-6-2-4-8-13(11)15-16/h3,5,7,9-10,16H,2,4,6,8H2,1H3/b11-10+,15-13+. The smallest absolute Gasteiger partial charge is 0.126 e. The van der Waals surface area contributed by atoms with Gasteiger partial charge in [0.1, 0.15) is 5.75 Å². The van der Waals surface area contributed by atoms with Crippen LogP contribution in [-0.2, 0) is 0 Å². The molecule has 0 aromatic heterocycles. The van der Waals surface area contributed by atoms with Gasteiger partial charge in [0, 0.05) is 5.56 Å². The van der Waals surface area contributed by atoms with Crippen molar-refractivity contribution in [2.24, 2.45) is 5.16 Å². The number of para-hydroxylation sites is 1. The highest BCUT2D eigenvalue weighted by Crippen LogP contribution is 2.26. The molecule has 1 aromatic carbocycles. The lowest BCUT2D eigenvalue weighted by atomic mass is 9.91. The van der Waals surface area contributed by atoms with E-state index in [0.29, 0.717) is 0 Å². The van der Waals surface area contributed by atoms with E-state index in [-0.39, 0.29) is 0 Å². The number of hydrogen-bond acceptors (Lipinski definition) is 3. The van der Waals surface area contributed by atoms with Gasteiger partial charge in [-0.25, -0.2) is 0 Å². The Hall–Kier alpha value is -1.77. The predicted octanol–water partition coefficient (Wildman–Crippen LogP) is 3.48. The van der Waals surface area contributed by atoms with Gasteiger partial charge in [-0.05, 0) is 43.4 Å². The molecule has 1 aromatic rings. The average Bonchev–Trinajstić information content (AvgIpc) is 2.40. The monoisotopic (exact) mass is 231 g/mol. The fourth-order valence-electron chi connectivity index (χ4n) is 2.16. The normalized spacial score (nSPS) is 20.8. The lowest BCUT2D eigenvalue weighted by molar-refractivity contribution is 0.316. The summed E-state index contributed by atoms with van der Waals surface area (Å²) >= 11 is 0. The summed E-state index contributed by atoms with van der Waals surface area (Å²) in [6.45, 7) is 0. The Morgan fingerprint density at radius 2 is 2.00 bits per heavy atom. The molecule has 0 unspecified atom stereocenters. The number of allylic oxidation sites excluding steroid dienone is 1. The topological polar surface area (TPSA) is 41.8 Å². The van der Waals surface area contributed by atoms with Crippen molar-refractivity contribution in [1.29, 1.82) is 0 Å². The van der Waals surface area contributed by atoms with Gasteiger partial charge >= 0.3 is 0 Å². The van der Waals surface area contributed by atoms with Crippen molar-refractivity contribution in [2.75, 3.05) is 7.11 Å². The summed E-state index contributed by atoms with van der Waals surface area (Å²) in [5.41, 5.74) is 2.96. The molecule has 1 N–H and O–H groups in total. The fourth-order valence-corrected chi connectivity index (χ4v) is 2.16. The first-order valence-corrected chi connectivity index (χ1v) is 5.90. The van der Waals surface area contributed by atoms with Crippen molar-refractivity contribution >= 4 is 11.8 Å². The first-order chi connectivity index (χ1) is 8.35. The van der Waals surface area contributed by atoms with Gasteiger partial charge in [0.25, 0.3) is 0 Å². The molecule has 1 aliphatic rings. The highest BCUT2D eigenvalue weighted by molar-refractivity contribution is 6.04. The Kier molecular flexibility index (Phi) is 3.81. The van der Waals surface area contributed by atoms with E-state index in [9.17, 15) is 0 Å². The van der Waals surface area contributed by atoms with Crippen molar-refractivity contribution in [3.8, 4) is 5.75 Å². The predicted molar refractivity (Wildman–Crippen MR) is 68.7 cm³/mol. The third kappa shape index (κ3) is 2.67. The van der Waals surface area contributed by atoms with Crippen LogP contribution in [0.3, 0.4) is 0 Å². The second-order valence-corrected chi connectivity index (χ2v) is 4.17. The Morgan fingerprint density at radius 3 is 2.76 bits per heavy atom. The zero-order chi connectivity index (χ0) is 12.1.